The van der Waals surface area contributed by atoms with Crippen LogP contribution in [0.1, 0.15) is 13.3 Å². The fourth-order valence-electron chi connectivity index (χ4n) is 1.37. The molecule has 0 aromatic heterocycles. The van der Waals surface area contributed by atoms with Gasteiger partial charge >= 0.3 is 0 Å². The molecule has 0 saturated carbocycles. The van der Waals surface area contributed by atoms with Crippen molar-refractivity contribution in [3.63, 3.8) is 0 Å². The number of nitrogens with one attached hydrogen (secondary N) is 1. The summed E-state index contributed by atoms with van der Waals surface area (Å²) in [5.74, 6) is 0.309. The number of nitrogens with zero attached hydrogens (tertiary/aromatic N) is 1. The zero-order valence-corrected chi connectivity index (χ0v) is 9.19. The first-order valence-electron chi connectivity index (χ1n) is 4.75. The second kappa shape index (κ2) is 5.50. The minimum atomic E-state index is 0.309. The zero-order valence-electron chi connectivity index (χ0n) is 8.38. The molecule has 1 saturated heterocycles. The standard InChI is InChI=1S/C9H18N2OS/c1-8(13-2)7-9(12)11-5-3-10-4-6-11/h8,10H,3-7H2,1-2H3/t8-/m1/s1. The van der Waals surface area contributed by atoms with Gasteiger partial charge in [0.1, 0.15) is 0 Å². The molecule has 0 bridgehead atoms. The highest BCUT2D eigenvalue weighted by Crippen LogP contribution is 2.11. The summed E-state index contributed by atoms with van der Waals surface area (Å²) in [6.45, 7) is 5.74. The summed E-state index contributed by atoms with van der Waals surface area (Å²) in [5.41, 5.74) is 0. The molecule has 13 heavy (non-hydrogen) atoms. The lowest BCUT2D eigenvalue weighted by atomic mass is 10.2. The van der Waals surface area contributed by atoms with Crippen LogP contribution in [0.25, 0.3) is 0 Å². The Kier molecular flexibility index (Phi) is 4.59. The van der Waals surface area contributed by atoms with Crippen molar-refractivity contribution in [1.29, 1.82) is 0 Å². The molecule has 1 N–H and O–H groups in total. The summed E-state index contributed by atoms with van der Waals surface area (Å²) in [6, 6.07) is 0. The SMILES string of the molecule is CS[C@H](C)CC(=O)N1CCNCC1. The Labute approximate surface area is 84.2 Å². The van der Waals surface area contributed by atoms with E-state index in [0.29, 0.717) is 17.6 Å². The molecule has 1 fully saturated rings. The molecular formula is C9H18N2OS. The van der Waals surface area contributed by atoms with Crippen LogP contribution >= 0.6 is 11.8 Å². The van der Waals surface area contributed by atoms with Crippen LogP contribution in [0.2, 0.25) is 0 Å². The van der Waals surface area contributed by atoms with Crippen LogP contribution in [0, 0.1) is 0 Å². The number of rotatable bonds is 3. The average molecular weight is 202 g/mol. The maximum absolute atomic E-state index is 11.7. The highest BCUT2D eigenvalue weighted by Gasteiger charge is 2.17. The first kappa shape index (κ1) is 10.9. The monoisotopic (exact) mass is 202 g/mol. The van der Waals surface area contributed by atoms with Crippen molar-refractivity contribution in [3.05, 3.63) is 0 Å². The van der Waals surface area contributed by atoms with E-state index in [2.05, 4.69) is 18.5 Å². The summed E-state index contributed by atoms with van der Waals surface area (Å²) in [4.78, 5) is 13.6. The molecule has 0 aromatic carbocycles. The van der Waals surface area contributed by atoms with Gasteiger partial charge in [-0.1, -0.05) is 6.92 Å². The van der Waals surface area contributed by atoms with Crippen molar-refractivity contribution >= 4 is 17.7 Å². The van der Waals surface area contributed by atoms with E-state index in [1.807, 2.05) is 4.90 Å². The third-order valence-corrected chi connectivity index (χ3v) is 3.31. The predicted octanol–water partition coefficient (Wildman–Crippen LogP) is 0.560. The Morgan fingerprint density at radius 1 is 1.54 bits per heavy atom. The summed E-state index contributed by atoms with van der Waals surface area (Å²) >= 11 is 1.75. The van der Waals surface area contributed by atoms with E-state index in [1.165, 1.54) is 0 Å². The average Bonchev–Trinajstić information content (AvgIpc) is 2.19. The lowest BCUT2D eigenvalue weighted by Crippen LogP contribution is -2.46. The topological polar surface area (TPSA) is 32.3 Å². The van der Waals surface area contributed by atoms with E-state index in [-0.39, 0.29) is 0 Å². The van der Waals surface area contributed by atoms with Crippen LogP contribution < -0.4 is 5.32 Å². The normalized spacial score (nSPS) is 20.0. The first-order valence-corrected chi connectivity index (χ1v) is 6.04. The molecule has 4 heteroatoms. The molecular weight excluding hydrogens is 184 g/mol. The van der Waals surface area contributed by atoms with E-state index in [0.717, 1.165) is 26.2 Å². The fraction of sp³-hybridized carbons (Fsp3) is 0.889. The van der Waals surface area contributed by atoms with Crippen molar-refractivity contribution < 1.29 is 4.79 Å². The van der Waals surface area contributed by atoms with Gasteiger partial charge in [-0.2, -0.15) is 11.8 Å². The molecule has 1 amide bonds. The number of carbonyl (C=O) groups is 1. The molecule has 1 aliphatic rings. The largest absolute Gasteiger partial charge is 0.340 e. The third-order valence-electron chi connectivity index (χ3n) is 2.33. The van der Waals surface area contributed by atoms with Gasteiger partial charge in [0.15, 0.2) is 0 Å². The van der Waals surface area contributed by atoms with Gasteiger partial charge in [-0.05, 0) is 6.26 Å². The van der Waals surface area contributed by atoms with Gasteiger partial charge in [0.2, 0.25) is 5.91 Å². The number of amides is 1. The molecule has 1 atom stereocenters. The Balaban J connectivity index is 2.29. The fourth-order valence-corrected chi connectivity index (χ4v) is 1.68. The van der Waals surface area contributed by atoms with E-state index in [1.54, 1.807) is 11.8 Å². The minimum absolute atomic E-state index is 0.309. The smallest absolute Gasteiger partial charge is 0.223 e. The predicted molar refractivity (Wildman–Crippen MR) is 57.0 cm³/mol. The molecule has 0 radical (unpaired) electrons. The maximum atomic E-state index is 11.7. The number of hydrogen-bond donors (Lipinski definition) is 1. The number of hydrogen-bond acceptors (Lipinski definition) is 3. The molecule has 76 valence electrons. The van der Waals surface area contributed by atoms with Gasteiger partial charge in [-0.15, -0.1) is 0 Å². The number of piperazine rings is 1. The minimum Gasteiger partial charge on any atom is -0.340 e. The van der Waals surface area contributed by atoms with Gasteiger partial charge in [-0.3, -0.25) is 4.79 Å². The Hall–Kier alpha value is -0.220. The molecule has 1 heterocycles. The van der Waals surface area contributed by atoms with Crippen molar-refractivity contribution in [2.24, 2.45) is 0 Å². The summed E-state index contributed by atoms with van der Waals surface area (Å²) in [7, 11) is 0. The molecule has 0 unspecified atom stereocenters. The van der Waals surface area contributed by atoms with Gasteiger partial charge in [-0.25, -0.2) is 0 Å². The van der Waals surface area contributed by atoms with E-state index >= 15 is 0 Å². The summed E-state index contributed by atoms with van der Waals surface area (Å²) in [5, 5.41) is 3.68. The van der Waals surface area contributed by atoms with E-state index < -0.39 is 0 Å². The molecule has 0 aromatic rings. The first-order chi connectivity index (χ1) is 6.24. The molecule has 3 nitrogen and oxygen atoms in total. The van der Waals surface area contributed by atoms with Crippen LogP contribution in [0.15, 0.2) is 0 Å². The molecule has 1 aliphatic heterocycles. The van der Waals surface area contributed by atoms with Crippen molar-refractivity contribution in [2.45, 2.75) is 18.6 Å². The Morgan fingerprint density at radius 3 is 2.69 bits per heavy atom. The number of carbonyl (C=O) groups excluding carboxylic acids is 1. The zero-order chi connectivity index (χ0) is 9.68. The van der Waals surface area contributed by atoms with Gasteiger partial charge in [0, 0.05) is 37.8 Å². The molecule has 0 spiro atoms. The maximum Gasteiger partial charge on any atom is 0.223 e. The van der Waals surface area contributed by atoms with Crippen molar-refractivity contribution in [3.8, 4) is 0 Å². The quantitative estimate of drug-likeness (QED) is 0.726. The highest BCUT2D eigenvalue weighted by molar-refractivity contribution is 7.99. The van der Waals surface area contributed by atoms with Crippen LogP contribution in [0.3, 0.4) is 0 Å². The van der Waals surface area contributed by atoms with E-state index in [9.17, 15) is 4.79 Å². The van der Waals surface area contributed by atoms with Gasteiger partial charge in [0.25, 0.3) is 0 Å². The second-order valence-electron chi connectivity index (χ2n) is 3.38. The second-order valence-corrected chi connectivity index (χ2v) is 4.66. The van der Waals surface area contributed by atoms with Gasteiger partial charge < -0.3 is 10.2 Å². The van der Waals surface area contributed by atoms with Crippen LogP contribution in [0.5, 0.6) is 0 Å². The van der Waals surface area contributed by atoms with Crippen LogP contribution in [-0.2, 0) is 4.79 Å². The van der Waals surface area contributed by atoms with Crippen LogP contribution in [0.4, 0.5) is 0 Å². The summed E-state index contributed by atoms with van der Waals surface area (Å²) < 4.78 is 0. The Morgan fingerprint density at radius 2 is 2.15 bits per heavy atom. The van der Waals surface area contributed by atoms with Crippen molar-refractivity contribution in [2.75, 3.05) is 32.4 Å². The van der Waals surface area contributed by atoms with E-state index in [4.69, 9.17) is 0 Å². The lowest BCUT2D eigenvalue weighted by molar-refractivity contribution is -0.131. The summed E-state index contributed by atoms with van der Waals surface area (Å²) in [6.07, 6.45) is 2.73. The Bertz CT molecular complexity index is 169. The van der Waals surface area contributed by atoms with Crippen molar-refractivity contribution in [1.82, 2.24) is 10.2 Å². The molecule has 1 rings (SSSR count). The molecule has 0 aliphatic carbocycles. The lowest BCUT2D eigenvalue weighted by Gasteiger charge is -2.28. The van der Waals surface area contributed by atoms with Crippen LogP contribution in [-0.4, -0.2) is 48.5 Å². The highest BCUT2D eigenvalue weighted by atomic mass is 32.2. The number of thioether (sulfide) groups is 1. The third kappa shape index (κ3) is 3.56. The van der Waals surface area contributed by atoms with Gasteiger partial charge in [0.05, 0.1) is 0 Å².